The Morgan fingerprint density at radius 2 is 1.81 bits per heavy atom. The Morgan fingerprint density at radius 3 is 2.47 bits per heavy atom. The predicted molar refractivity (Wildman–Crippen MR) is 120 cm³/mol. The number of nitrogens with zero attached hydrogens (tertiary/aromatic N) is 2. The molecule has 0 aliphatic rings. The van der Waals surface area contributed by atoms with Gasteiger partial charge in [-0.2, -0.15) is 13.2 Å². The minimum Gasteiger partial charge on any atom is -0.493 e. The van der Waals surface area contributed by atoms with E-state index in [1.54, 1.807) is 19.1 Å². The lowest BCUT2D eigenvalue weighted by molar-refractivity contribution is -0.136. The summed E-state index contributed by atoms with van der Waals surface area (Å²) in [6.07, 6.45) is -4.51. The molecule has 0 atom stereocenters. The van der Waals surface area contributed by atoms with Gasteiger partial charge >= 0.3 is 6.18 Å². The highest BCUT2D eigenvalue weighted by Crippen LogP contribution is 2.34. The third-order valence-electron chi connectivity index (χ3n) is 4.75. The van der Waals surface area contributed by atoms with Crippen LogP contribution in [-0.2, 0) is 12.7 Å². The number of rotatable bonds is 6. The van der Waals surface area contributed by atoms with Gasteiger partial charge in [-0.25, -0.2) is 4.98 Å². The van der Waals surface area contributed by atoms with E-state index in [1.165, 1.54) is 37.0 Å². The zero-order valence-corrected chi connectivity index (χ0v) is 18.4. The average molecular weight is 466 g/mol. The number of aryl methyl sites for hydroxylation is 1. The van der Waals surface area contributed by atoms with E-state index in [1.807, 2.05) is 0 Å². The van der Waals surface area contributed by atoms with Crippen LogP contribution in [0.2, 0.25) is 0 Å². The lowest BCUT2D eigenvalue weighted by Crippen LogP contribution is -2.35. The first-order chi connectivity index (χ1) is 15.2. The molecule has 1 aromatic heterocycles. The number of methoxy groups -OCH3 is 2. The molecule has 3 rings (SSSR count). The number of benzene rings is 2. The van der Waals surface area contributed by atoms with Gasteiger partial charge in [0.25, 0.3) is 5.56 Å². The van der Waals surface area contributed by atoms with E-state index in [0.717, 1.165) is 6.07 Å². The molecule has 3 aromatic rings. The Morgan fingerprint density at radius 1 is 1.16 bits per heavy atom. The summed E-state index contributed by atoms with van der Waals surface area (Å²) in [5.41, 5.74) is -0.787. The van der Waals surface area contributed by atoms with Gasteiger partial charge in [-0.15, -0.1) is 0 Å². The Balaban J connectivity index is 1.74. The van der Waals surface area contributed by atoms with Gasteiger partial charge in [0.1, 0.15) is 5.82 Å². The quantitative estimate of drug-likeness (QED) is 0.536. The standard InChI is InChI=1S/C21H21F3N4O3S/c1-12-26-16-11-18(31-3)17(30-2)10-13(16)19(29)28(12)9-8-25-20(32)27-15-7-5-4-6-14(15)21(22,23)24/h4-7,10-11H,8-9H2,1-3H3,(H2,25,27,32). The van der Waals surface area contributed by atoms with Crippen LogP contribution in [0.3, 0.4) is 0 Å². The number of thiocarbonyl (C=S) groups is 1. The molecule has 0 bridgehead atoms. The van der Waals surface area contributed by atoms with E-state index in [-0.39, 0.29) is 29.4 Å². The van der Waals surface area contributed by atoms with Crippen LogP contribution >= 0.6 is 12.2 Å². The fourth-order valence-corrected chi connectivity index (χ4v) is 3.42. The summed E-state index contributed by atoms with van der Waals surface area (Å²) in [6, 6.07) is 8.23. The van der Waals surface area contributed by atoms with Crippen LogP contribution in [0.25, 0.3) is 10.9 Å². The number of halogens is 3. The molecule has 32 heavy (non-hydrogen) atoms. The van der Waals surface area contributed by atoms with Crippen molar-refractivity contribution in [3.8, 4) is 11.5 Å². The number of hydrogen-bond donors (Lipinski definition) is 2. The summed E-state index contributed by atoms with van der Waals surface area (Å²) in [4.78, 5) is 17.4. The first kappa shape index (κ1) is 23.3. The van der Waals surface area contributed by atoms with Crippen LogP contribution in [0.1, 0.15) is 11.4 Å². The first-order valence-corrected chi connectivity index (χ1v) is 9.90. The summed E-state index contributed by atoms with van der Waals surface area (Å²) in [5, 5.41) is 5.74. The van der Waals surface area contributed by atoms with Gasteiger partial charge in [0.05, 0.1) is 36.4 Å². The summed E-state index contributed by atoms with van der Waals surface area (Å²) >= 11 is 5.11. The van der Waals surface area contributed by atoms with E-state index in [0.29, 0.717) is 28.2 Å². The van der Waals surface area contributed by atoms with Crippen molar-refractivity contribution < 1.29 is 22.6 Å². The summed E-state index contributed by atoms with van der Waals surface area (Å²) < 4.78 is 51.3. The fraction of sp³-hybridized carbons (Fsp3) is 0.286. The Kier molecular flexibility index (Phi) is 6.87. The van der Waals surface area contributed by atoms with Gasteiger partial charge in [-0.1, -0.05) is 12.1 Å². The van der Waals surface area contributed by atoms with Gasteiger partial charge in [0.2, 0.25) is 0 Å². The molecule has 11 heteroatoms. The molecule has 0 aliphatic heterocycles. The molecule has 1 heterocycles. The molecule has 0 saturated carbocycles. The molecule has 0 spiro atoms. The second kappa shape index (κ2) is 9.43. The molecule has 0 fully saturated rings. The number of ether oxygens (including phenoxy) is 2. The van der Waals surface area contributed by atoms with E-state index in [9.17, 15) is 18.0 Å². The summed E-state index contributed by atoms with van der Waals surface area (Å²) in [6.45, 7) is 2.08. The molecule has 0 unspecified atom stereocenters. The van der Waals surface area contributed by atoms with Gasteiger partial charge < -0.3 is 20.1 Å². The number of para-hydroxylation sites is 1. The maximum Gasteiger partial charge on any atom is 0.418 e. The van der Waals surface area contributed by atoms with Crippen molar-refractivity contribution in [2.45, 2.75) is 19.6 Å². The molecule has 0 aliphatic carbocycles. The van der Waals surface area contributed by atoms with Crippen LogP contribution in [-0.4, -0.2) is 35.4 Å². The molecule has 0 saturated heterocycles. The van der Waals surface area contributed by atoms with Gasteiger partial charge in [0.15, 0.2) is 16.6 Å². The third-order valence-corrected chi connectivity index (χ3v) is 5.00. The lowest BCUT2D eigenvalue weighted by Gasteiger charge is -2.17. The Hall–Kier alpha value is -3.34. The van der Waals surface area contributed by atoms with Crippen LogP contribution in [0.15, 0.2) is 41.2 Å². The SMILES string of the molecule is COc1cc2nc(C)n(CCNC(=S)Nc3ccccc3C(F)(F)F)c(=O)c2cc1OC. The van der Waals surface area contributed by atoms with Gasteiger partial charge in [-0.3, -0.25) is 9.36 Å². The zero-order chi connectivity index (χ0) is 23.5. The molecule has 2 N–H and O–H groups in total. The number of hydrogen-bond acceptors (Lipinski definition) is 5. The van der Waals surface area contributed by atoms with Crippen LogP contribution in [0.5, 0.6) is 11.5 Å². The highest BCUT2D eigenvalue weighted by Gasteiger charge is 2.33. The van der Waals surface area contributed by atoms with Crippen molar-refractivity contribution in [2.75, 3.05) is 26.1 Å². The summed E-state index contributed by atoms with van der Waals surface area (Å²) in [7, 11) is 2.96. The van der Waals surface area contributed by atoms with Gasteiger partial charge in [-0.05, 0) is 37.3 Å². The largest absolute Gasteiger partial charge is 0.493 e. The number of nitrogens with one attached hydrogen (secondary N) is 2. The van der Waals surface area contributed by atoms with Crippen molar-refractivity contribution in [1.29, 1.82) is 0 Å². The van der Waals surface area contributed by atoms with Crippen LogP contribution < -0.4 is 25.7 Å². The van der Waals surface area contributed by atoms with Gasteiger partial charge in [0, 0.05) is 19.2 Å². The fourth-order valence-electron chi connectivity index (χ4n) is 3.21. The van der Waals surface area contributed by atoms with Crippen molar-refractivity contribution in [2.24, 2.45) is 0 Å². The molecule has 2 aromatic carbocycles. The number of anilines is 1. The monoisotopic (exact) mass is 466 g/mol. The first-order valence-electron chi connectivity index (χ1n) is 9.50. The lowest BCUT2D eigenvalue weighted by atomic mass is 10.2. The van der Waals surface area contributed by atoms with E-state index in [2.05, 4.69) is 15.6 Å². The smallest absolute Gasteiger partial charge is 0.418 e. The molecular weight excluding hydrogens is 445 g/mol. The second-order valence-electron chi connectivity index (χ2n) is 6.76. The summed E-state index contributed by atoms with van der Waals surface area (Å²) in [5.74, 6) is 1.33. The Labute approximate surface area is 187 Å². The predicted octanol–water partition coefficient (Wildman–Crippen LogP) is 3.73. The molecule has 7 nitrogen and oxygen atoms in total. The molecule has 0 radical (unpaired) electrons. The Bertz CT molecular complexity index is 1210. The topological polar surface area (TPSA) is 77.4 Å². The highest BCUT2D eigenvalue weighted by atomic mass is 32.1. The minimum atomic E-state index is -4.51. The molecular formula is C21H21F3N4O3S. The maximum atomic E-state index is 13.1. The number of fused-ring (bicyclic) bond motifs is 1. The number of alkyl halides is 3. The second-order valence-corrected chi connectivity index (χ2v) is 7.17. The third kappa shape index (κ3) is 4.93. The van der Waals surface area contributed by atoms with Crippen molar-refractivity contribution >= 4 is 33.9 Å². The van der Waals surface area contributed by atoms with E-state index >= 15 is 0 Å². The number of aromatic nitrogens is 2. The maximum absolute atomic E-state index is 13.1. The van der Waals surface area contributed by atoms with Crippen LogP contribution in [0, 0.1) is 6.92 Å². The van der Waals surface area contributed by atoms with Crippen molar-refractivity contribution in [3.05, 3.63) is 58.1 Å². The zero-order valence-electron chi connectivity index (χ0n) is 17.5. The molecule has 170 valence electrons. The van der Waals surface area contributed by atoms with Crippen molar-refractivity contribution in [3.63, 3.8) is 0 Å². The van der Waals surface area contributed by atoms with E-state index in [4.69, 9.17) is 21.7 Å². The highest BCUT2D eigenvalue weighted by molar-refractivity contribution is 7.80. The minimum absolute atomic E-state index is 0.00700. The van der Waals surface area contributed by atoms with Crippen LogP contribution in [0.4, 0.5) is 18.9 Å². The molecule has 0 amide bonds. The normalized spacial score (nSPS) is 11.3. The van der Waals surface area contributed by atoms with E-state index < -0.39 is 11.7 Å². The van der Waals surface area contributed by atoms with Crippen molar-refractivity contribution in [1.82, 2.24) is 14.9 Å². The average Bonchev–Trinajstić information content (AvgIpc) is 2.74.